The maximum absolute atomic E-state index is 14.2. The van der Waals surface area contributed by atoms with Crippen molar-refractivity contribution in [2.75, 3.05) is 0 Å². The monoisotopic (exact) mass is 618 g/mol. The summed E-state index contributed by atoms with van der Waals surface area (Å²) in [5.74, 6) is 0.218. The van der Waals surface area contributed by atoms with Gasteiger partial charge in [0.2, 0.25) is 0 Å². The van der Waals surface area contributed by atoms with Gasteiger partial charge in [0.1, 0.15) is 5.78 Å². The molecule has 5 fully saturated rings. The Hall–Kier alpha value is -2.63. The molecule has 1 aromatic rings. The highest BCUT2D eigenvalue weighted by molar-refractivity contribution is 5.94. The van der Waals surface area contributed by atoms with Crippen LogP contribution < -0.4 is 0 Å². The summed E-state index contributed by atoms with van der Waals surface area (Å²) in [5, 5.41) is 30.6. The van der Waals surface area contributed by atoms with E-state index in [4.69, 9.17) is 0 Å². The third kappa shape index (κ3) is 4.65. The van der Waals surface area contributed by atoms with Crippen molar-refractivity contribution >= 4 is 23.6 Å². The van der Waals surface area contributed by atoms with Crippen molar-refractivity contribution in [1.82, 2.24) is 0 Å². The van der Waals surface area contributed by atoms with Crippen molar-refractivity contribution in [3.8, 4) is 11.5 Å². The van der Waals surface area contributed by atoms with E-state index in [9.17, 15) is 29.7 Å². The number of Topliss-reactive ketones (excluding diaryl/α,β-unsaturated/α-hetero) is 1. The van der Waals surface area contributed by atoms with Crippen molar-refractivity contribution in [1.29, 1.82) is 0 Å². The molecule has 0 aliphatic heterocycles. The van der Waals surface area contributed by atoms with E-state index in [1.54, 1.807) is 18.2 Å². The molecule has 5 aliphatic carbocycles. The Kier molecular flexibility index (Phi) is 7.50. The number of rotatable bonds is 5. The minimum atomic E-state index is -0.726. The largest absolute Gasteiger partial charge is 0.504 e. The third-order valence-corrected chi connectivity index (χ3v) is 15.0. The lowest BCUT2D eigenvalue weighted by atomic mass is 9.30. The number of hydrogen-bond donors (Lipinski definition) is 3. The van der Waals surface area contributed by atoms with E-state index in [0.717, 1.165) is 51.4 Å². The quantitative estimate of drug-likeness (QED) is 0.225. The molecule has 0 heterocycles. The first-order valence-corrected chi connectivity index (χ1v) is 17.4. The van der Waals surface area contributed by atoms with Gasteiger partial charge in [-0.2, -0.15) is 0 Å². The number of aliphatic carboxylic acids is 1. The highest BCUT2D eigenvalue weighted by atomic mass is 16.4. The van der Waals surface area contributed by atoms with E-state index in [0.29, 0.717) is 48.9 Å². The van der Waals surface area contributed by atoms with Crippen molar-refractivity contribution in [3.05, 3.63) is 29.8 Å². The maximum atomic E-state index is 14.2. The van der Waals surface area contributed by atoms with Crippen molar-refractivity contribution in [3.63, 3.8) is 0 Å². The van der Waals surface area contributed by atoms with E-state index in [2.05, 4.69) is 41.5 Å². The Labute approximate surface area is 269 Å². The second-order valence-corrected chi connectivity index (χ2v) is 17.7. The summed E-state index contributed by atoms with van der Waals surface area (Å²) >= 11 is 0. The van der Waals surface area contributed by atoms with Crippen LogP contribution in [0, 0.1) is 56.2 Å². The predicted octanol–water partition coefficient (Wildman–Crippen LogP) is 8.59. The standard InChI is InChI=1S/C39H54O6/c1-34(2)17-18-38(33(44)45)19-20-39(22-25(40)9-7-24-8-11-28(41)29(42)21-24)26(27(38)23-34)10-12-31-36(5)15-14-32(43)35(3,4)30(36)13-16-37(31,39)6/h7-9,11,21,26-27,30-31,41-42H,10,12-20,22-23H2,1-6H3,(H,44,45)/b9-7+/t26-,27+,30+,31-,36+,37-,38+,39+/m1/s1. The van der Waals surface area contributed by atoms with Gasteiger partial charge < -0.3 is 15.3 Å². The number of carbonyl (C=O) groups excluding carboxylic acids is 2. The second kappa shape index (κ2) is 10.4. The molecule has 0 unspecified atom stereocenters. The van der Waals surface area contributed by atoms with Gasteiger partial charge in [0, 0.05) is 18.3 Å². The SMILES string of the molecule is CC1(C)CC[C@]2(C(=O)O)CC[C@]3(CC(=O)/C=C/c4ccc(O)c(O)c4)[C@H](CC[C@@H]4[C@@]5(C)CCC(=O)C(C)(C)[C@@H]5CC[C@]43C)[C@@H]2C1. The molecular weight excluding hydrogens is 564 g/mol. The minimum absolute atomic E-state index is 0.00198. The van der Waals surface area contributed by atoms with Crippen LogP contribution in [0.5, 0.6) is 11.5 Å². The van der Waals surface area contributed by atoms with E-state index < -0.39 is 11.4 Å². The number of aromatic hydroxyl groups is 2. The maximum Gasteiger partial charge on any atom is 0.309 e. The Bertz CT molecular complexity index is 1440. The zero-order valence-electron chi connectivity index (χ0n) is 28.2. The molecule has 1 aromatic carbocycles. The van der Waals surface area contributed by atoms with Crippen LogP contribution in [-0.2, 0) is 14.4 Å². The first-order valence-electron chi connectivity index (χ1n) is 17.4. The Morgan fingerprint density at radius 2 is 1.56 bits per heavy atom. The van der Waals surface area contributed by atoms with Gasteiger partial charge in [-0.15, -0.1) is 0 Å². The molecule has 0 saturated heterocycles. The summed E-state index contributed by atoms with van der Waals surface area (Å²) < 4.78 is 0. The third-order valence-electron chi connectivity index (χ3n) is 15.0. The fourth-order valence-corrected chi connectivity index (χ4v) is 12.6. The highest BCUT2D eigenvalue weighted by Crippen LogP contribution is 2.77. The fourth-order valence-electron chi connectivity index (χ4n) is 12.6. The van der Waals surface area contributed by atoms with Gasteiger partial charge in [0.05, 0.1) is 5.41 Å². The summed E-state index contributed by atoms with van der Waals surface area (Å²) in [5.41, 5.74) is -0.856. The van der Waals surface area contributed by atoms with Crippen LogP contribution in [0.25, 0.3) is 6.08 Å². The summed E-state index contributed by atoms with van der Waals surface area (Å²) in [6, 6.07) is 4.56. The molecular formula is C39H54O6. The van der Waals surface area contributed by atoms with Gasteiger partial charge >= 0.3 is 5.97 Å². The van der Waals surface area contributed by atoms with Crippen LogP contribution in [-0.4, -0.2) is 32.9 Å². The predicted molar refractivity (Wildman–Crippen MR) is 174 cm³/mol. The van der Waals surface area contributed by atoms with Gasteiger partial charge in [-0.3, -0.25) is 14.4 Å². The van der Waals surface area contributed by atoms with E-state index in [1.807, 2.05) is 0 Å². The molecule has 45 heavy (non-hydrogen) atoms. The van der Waals surface area contributed by atoms with Crippen LogP contribution >= 0.6 is 0 Å². The van der Waals surface area contributed by atoms with Gasteiger partial charge in [-0.25, -0.2) is 0 Å². The number of carboxylic acid groups (broad SMARTS) is 1. The lowest BCUT2D eigenvalue weighted by molar-refractivity contribution is -0.250. The van der Waals surface area contributed by atoms with Crippen LogP contribution in [0.15, 0.2) is 24.3 Å². The molecule has 6 rings (SSSR count). The Morgan fingerprint density at radius 1 is 0.844 bits per heavy atom. The van der Waals surface area contributed by atoms with Crippen molar-refractivity contribution in [2.45, 2.75) is 119 Å². The molecule has 8 atom stereocenters. The smallest absolute Gasteiger partial charge is 0.309 e. The van der Waals surface area contributed by atoms with Crippen LogP contribution in [0.2, 0.25) is 0 Å². The Morgan fingerprint density at radius 3 is 2.24 bits per heavy atom. The molecule has 5 saturated carbocycles. The summed E-state index contributed by atoms with van der Waals surface area (Å²) in [6.45, 7) is 13.8. The number of carboxylic acids is 1. The van der Waals surface area contributed by atoms with E-state index in [1.165, 1.54) is 12.1 Å². The second-order valence-electron chi connectivity index (χ2n) is 17.7. The van der Waals surface area contributed by atoms with Crippen LogP contribution in [0.3, 0.4) is 0 Å². The number of phenolic OH excluding ortho intramolecular Hbond substituents is 2. The fraction of sp³-hybridized carbons (Fsp3) is 0.718. The molecule has 0 aromatic heterocycles. The summed E-state index contributed by atoms with van der Waals surface area (Å²) in [6.07, 6.45) is 13.0. The van der Waals surface area contributed by atoms with Crippen LogP contribution in [0.4, 0.5) is 0 Å². The number of fused-ring (bicyclic) bond motifs is 7. The number of phenols is 2. The number of allylic oxidation sites excluding steroid dienone is 1. The highest BCUT2D eigenvalue weighted by Gasteiger charge is 2.72. The molecule has 5 aliphatic rings. The van der Waals surface area contributed by atoms with E-state index >= 15 is 0 Å². The summed E-state index contributed by atoms with van der Waals surface area (Å²) in [7, 11) is 0. The lowest BCUT2D eigenvalue weighted by Crippen LogP contribution is -2.68. The number of benzene rings is 1. The zero-order valence-corrected chi connectivity index (χ0v) is 28.2. The minimum Gasteiger partial charge on any atom is -0.504 e. The average molecular weight is 619 g/mol. The summed E-state index contributed by atoms with van der Waals surface area (Å²) in [4.78, 5) is 40.5. The van der Waals surface area contributed by atoms with Crippen molar-refractivity contribution < 1.29 is 29.7 Å². The first kappa shape index (κ1) is 32.3. The molecule has 0 spiro atoms. The molecule has 0 bridgehead atoms. The molecule has 0 amide bonds. The molecule has 6 nitrogen and oxygen atoms in total. The zero-order chi connectivity index (χ0) is 32.8. The van der Waals surface area contributed by atoms with Crippen molar-refractivity contribution in [2.24, 2.45) is 56.2 Å². The van der Waals surface area contributed by atoms with Gasteiger partial charge in [-0.1, -0.05) is 53.7 Å². The van der Waals surface area contributed by atoms with Gasteiger partial charge in [0.25, 0.3) is 0 Å². The van der Waals surface area contributed by atoms with E-state index in [-0.39, 0.29) is 56.2 Å². The normalized spacial score (nSPS) is 41.8. The van der Waals surface area contributed by atoms with Gasteiger partial charge in [0.15, 0.2) is 17.3 Å². The number of ketones is 2. The topological polar surface area (TPSA) is 112 Å². The number of hydrogen-bond acceptors (Lipinski definition) is 5. The first-order chi connectivity index (χ1) is 20.9. The average Bonchev–Trinajstić information content (AvgIpc) is 2.95. The lowest BCUT2D eigenvalue weighted by Gasteiger charge is -2.73. The number of carbonyl (C=O) groups is 3. The van der Waals surface area contributed by atoms with Gasteiger partial charge in [-0.05, 0) is 133 Å². The molecule has 246 valence electrons. The molecule has 0 radical (unpaired) electrons. The molecule has 6 heteroatoms. The molecule has 3 N–H and O–H groups in total. The Balaban J connectivity index is 1.44. The van der Waals surface area contributed by atoms with Crippen LogP contribution in [0.1, 0.15) is 124 Å².